The monoisotopic (exact) mass is 330 g/mol. The molecule has 1 unspecified atom stereocenters. The summed E-state index contributed by atoms with van der Waals surface area (Å²) >= 11 is 0. The van der Waals surface area contributed by atoms with Crippen molar-refractivity contribution in [1.29, 1.82) is 5.26 Å². The van der Waals surface area contributed by atoms with E-state index in [2.05, 4.69) is 11.1 Å². The van der Waals surface area contributed by atoms with Gasteiger partial charge in [0.05, 0.1) is 22.7 Å². The summed E-state index contributed by atoms with van der Waals surface area (Å²) in [6, 6.07) is 17.0. The van der Waals surface area contributed by atoms with Crippen LogP contribution in [0.4, 0.5) is 0 Å². The molecule has 1 saturated heterocycles. The van der Waals surface area contributed by atoms with E-state index in [1.807, 2.05) is 29.2 Å². The minimum atomic E-state index is -0.0158. The Morgan fingerprint density at radius 1 is 1.24 bits per heavy atom. The number of fused-ring (bicyclic) bond motifs is 1. The number of rotatable bonds is 2. The number of hydrogen-bond acceptors (Lipinski definition) is 3. The molecule has 25 heavy (non-hydrogen) atoms. The van der Waals surface area contributed by atoms with Gasteiger partial charge in [-0.3, -0.25) is 4.79 Å². The molecular formula is C20H18N4O. The average Bonchev–Trinajstić information content (AvgIpc) is 3.12. The summed E-state index contributed by atoms with van der Waals surface area (Å²) in [5, 5.41) is 9.03. The third kappa shape index (κ3) is 2.99. The van der Waals surface area contributed by atoms with Crippen LogP contribution in [0.5, 0.6) is 0 Å². The molecule has 0 spiro atoms. The number of aromatic amines is 1. The molecule has 124 valence electrons. The van der Waals surface area contributed by atoms with E-state index in [4.69, 9.17) is 10.2 Å². The maximum Gasteiger partial charge on any atom is 0.253 e. The highest BCUT2D eigenvalue weighted by atomic mass is 16.2. The highest BCUT2D eigenvalue weighted by Crippen LogP contribution is 2.27. The number of nitrogens with one attached hydrogen (secondary N) is 1. The fraction of sp³-hybridized carbons (Fsp3) is 0.250. The first-order valence-electron chi connectivity index (χ1n) is 8.48. The van der Waals surface area contributed by atoms with E-state index in [9.17, 15) is 4.79 Å². The summed E-state index contributed by atoms with van der Waals surface area (Å²) in [5.74, 6) is 1.15. The third-order valence-corrected chi connectivity index (χ3v) is 4.74. The van der Waals surface area contributed by atoms with Crippen LogP contribution in [0.2, 0.25) is 0 Å². The number of para-hydroxylation sites is 2. The summed E-state index contributed by atoms with van der Waals surface area (Å²) in [5.41, 5.74) is 3.08. The van der Waals surface area contributed by atoms with Crippen molar-refractivity contribution in [2.24, 2.45) is 0 Å². The van der Waals surface area contributed by atoms with Gasteiger partial charge in [-0.25, -0.2) is 4.98 Å². The first kappa shape index (κ1) is 15.4. The molecule has 1 aromatic heterocycles. The standard InChI is InChI=1S/C20H18N4O/c21-12-14-5-3-6-15(11-14)20(25)24-10-4-7-16(13-24)19-22-17-8-1-2-9-18(17)23-19/h1-3,5-6,8-9,11,16H,4,7,10,13H2,(H,22,23). The van der Waals surface area contributed by atoms with Crippen molar-refractivity contribution >= 4 is 16.9 Å². The smallest absolute Gasteiger partial charge is 0.253 e. The second-order valence-electron chi connectivity index (χ2n) is 6.42. The Balaban J connectivity index is 1.56. The predicted octanol–water partition coefficient (Wildman–Crippen LogP) is 3.45. The number of benzene rings is 2. The molecule has 1 amide bonds. The van der Waals surface area contributed by atoms with Gasteiger partial charge in [0.15, 0.2) is 0 Å². The molecular weight excluding hydrogens is 312 g/mol. The zero-order chi connectivity index (χ0) is 17.2. The first-order valence-corrected chi connectivity index (χ1v) is 8.48. The van der Waals surface area contributed by atoms with Crippen LogP contribution in [0, 0.1) is 11.3 Å². The van der Waals surface area contributed by atoms with Crippen molar-refractivity contribution in [1.82, 2.24) is 14.9 Å². The Morgan fingerprint density at radius 3 is 2.96 bits per heavy atom. The van der Waals surface area contributed by atoms with E-state index in [0.29, 0.717) is 17.7 Å². The largest absolute Gasteiger partial charge is 0.342 e. The molecule has 1 aliphatic heterocycles. The van der Waals surface area contributed by atoms with E-state index in [-0.39, 0.29) is 11.8 Å². The lowest BCUT2D eigenvalue weighted by atomic mass is 9.96. The molecule has 3 aromatic rings. The van der Waals surface area contributed by atoms with Crippen LogP contribution in [0.1, 0.15) is 40.5 Å². The fourth-order valence-corrected chi connectivity index (χ4v) is 3.46. The number of nitriles is 1. The number of carbonyl (C=O) groups excluding carboxylic acids is 1. The van der Waals surface area contributed by atoms with Gasteiger partial charge in [-0.1, -0.05) is 18.2 Å². The first-order chi connectivity index (χ1) is 12.2. The Labute approximate surface area is 145 Å². The van der Waals surface area contributed by atoms with Gasteiger partial charge in [0.25, 0.3) is 5.91 Å². The molecule has 1 aliphatic rings. The molecule has 5 heteroatoms. The van der Waals surface area contributed by atoms with Crippen molar-refractivity contribution in [3.8, 4) is 6.07 Å². The molecule has 0 bridgehead atoms. The third-order valence-electron chi connectivity index (χ3n) is 4.74. The molecule has 5 nitrogen and oxygen atoms in total. The normalized spacial score (nSPS) is 17.4. The molecule has 2 aromatic carbocycles. The van der Waals surface area contributed by atoms with E-state index in [1.54, 1.807) is 24.3 Å². The summed E-state index contributed by atoms with van der Waals surface area (Å²) in [7, 11) is 0. The SMILES string of the molecule is N#Cc1cccc(C(=O)N2CCCC(c3nc4ccccc4[nH]3)C2)c1. The maximum atomic E-state index is 12.8. The minimum Gasteiger partial charge on any atom is -0.342 e. The van der Waals surface area contributed by atoms with Crippen LogP contribution in [-0.2, 0) is 0 Å². The summed E-state index contributed by atoms with van der Waals surface area (Å²) in [6.07, 6.45) is 1.97. The number of nitrogens with zero attached hydrogens (tertiary/aromatic N) is 3. The highest BCUT2D eigenvalue weighted by Gasteiger charge is 2.27. The van der Waals surface area contributed by atoms with E-state index in [1.165, 1.54) is 0 Å². The number of H-pyrrole nitrogens is 1. The van der Waals surface area contributed by atoms with Gasteiger partial charge in [-0.15, -0.1) is 0 Å². The molecule has 0 radical (unpaired) electrons. The van der Waals surface area contributed by atoms with Crippen molar-refractivity contribution < 1.29 is 4.79 Å². The van der Waals surface area contributed by atoms with Crippen molar-refractivity contribution in [2.75, 3.05) is 13.1 Å². The average molecular weight is 330 g/mol. The van der Waals surface area contributed by atoms with E-state index < -0.39 is 0 Å². The second kappa shape index (κ2) is 6.40. The van der Waals surface area contributed by atoms with Crippen LogP contribution < -0.4 is 0 Å². The highest BCUT2D eigenvalue weighted by molar-refractivity contribution is 5.94. The lowest BCUT2D eigenvalue weighted by Crippen LogP contribution is -2.39. The minimum absolute atomic E-state index is 0.0158. The number of carbonyl (C=O) groups is 1. The Hall–Kier alpha value is -3.13. The number of likely N-dealkylation sites (tertiary alicyclic amines) is 1. The lowest BCUT2D eigenvalue weighted by molar-refractivity contribution is 0.0705. The molecule has 1 N–H and O–H groups in total. The molecule has 1 fully saturated rings. The van der Waals surface area contributed by atoms with Crippen molar-refractivity contribution in [3.63, 3.8) is 0 Å². The fourth-order valence-electron chi connectivity index (χ4n) is 3.46. The molecule has 1 atom stereocenters. The van der Waals surface area contributed by atoms with Crippen LogP contribution in [0.25, 0.3) is 11.0 Å². The van der Waals surface area contributed by atoms with Crippen molar-refractivity contribution in [3.05, 3.63) is 65.5 Å². The summed E-state index contributed by atoms with van der Waals surface area (Å²) in [6.45, 7) is 1.39. The predicted molar refractivity (Wildman–Crippen MR) is 95.1 cm³/mol. The quantitative estimate of drug-likeness (QED) is 0.782. The number of hydrogen-bond donors (Lipinski definition) is 1. The summed E-state index contributed by atoms with van der Waals surface area (Å²) in [4.78, 5) is 22.8. The molecule has 0 aliphatic carbocycles. The zero-order valence-corrected chi connectivity index (χ0v) is 13.8. The summed E-state index contributed by atoms with van der Waals surface area (Å²) < 4.78 is 0. The number of amides is 1. The second-order valence-corrected chi connectivity index (χ2v) is 6.42. The van der Waals surface area contributed by atoms with Gasteiger partial charge in [0.2, 0.25) is 0 Å². The van der Waals surface area contributed by atoms with Gasteiger partial charge in [-0.05, 0) is 43.2 Å². The zero-order valence-electron chi connectivity index (χ0n) is 13.8. The molecule has 0 saturated carbocycles. The molecule has 2 heterocycles. The van der Waals surface area contributed by atoms with Crippen molar-refractivity contribution in [2.45, 2.75) is 18.8 Å². The van der Waals surface area contributed by atoms with E-state index >= 15 is 0 Å². The van der Waals surface area contributed by atoms with Crippen LogP contribution in [-0.4, -0.2) is 33.9 Å². The maximum absolute atomic E-state index is 12.8. The number of piperidine rings is 1. The van der Waals surface area contributed by atoms with Crippen LogP contribution in [0.15, 0.2) is 48.5 Å². The van der Waals surface area contributed by atoms with Gasteiger partial charge in [-0.2, -0.15) is 5.26 Å². The Kier molecular flexibility index (Phi) is 3.95. The van der Waals surface area contributed by atoms with Gasteiger partial charge >= 0.3 is 0 Å². The number of imidazole rings is 1. The van der Waals surface area contributed by atoms with Gasteiger partial charge in [0.1, 0.15) is 5.82 Å². The number of aromatic nitrogens is 2. The molecule has 4 rings (SSSR count). The lowest BCUT2D eigenvalue weighted by Gasteiger charge is -2.32. The topological polar surface area (TPSA) is 72.8 Å². The Bertz CT molecular complexity index is 936. The van der Waals surface area contributed by atoms with Gasteiger partial charge < -0.3 is 9.88 Å². The van der Waals surface area contributed by atoms with Crippen LogP contribution in [0.3, 0.4) is 0 Å². The van der Waals surface area contributed by atoms with E-state index in [0.717, 1.165) is 36.2 Å². The van der Waals surface area contributed by atoms with Gasteiger partial charge in [0, 0.05) is 24.6 Å². The Morgan fingerprint density at radius 2 is 2.12 bits per heavy atom. The van der Waals surface area contributed by atoms with Crippen LogP contribution >= 0.6 is 0 Å².